The highest BCUT2D eigenvalue weighted by molar-refractivity contribution is 9.10. The maximum atomic E-state index is 12.3. The van der Waals surface area contributed by atoms with Gasteiger partial charge in [-0.1, -0.05) is 22.9 Å². The van der Waals surface area contributed by atoms with E-state index in [0.29, 0.717) is 13.0 Å². The number of rotatable bonds is 3. The van der Waals surface area contributed by atoms with Gasteiger partial charge in [-0.25, -0.2) is 4.79 Å². The predicted molar refractivity (Wildman–Crippen MR) is 84.5 cm³/mol. The minimum absolute atomic E-state index is 0.224. The van der Waals surface area contributed by atoms with E-state index in [-0.39, 0.29) is 12.6 Å². The summed E-state index contributed by atoms with van der Waals surface area (Å²) >= 11 is 3.42. The zero-order chi connectivity index (χ0) is 15.4. The van der Waals surface area contributed by atoms with Gasteiger partial charge in [-0.3, -0.25) is 4.79 Å². The number of likely N-dealkylation sites (tertiary alicyclic amines) is 1. The first-order valence-electron chi connectivity index (χ1n) is 7.08. The largest absolute Gasteiger partial charge is 0.481 e. The first-order chi connectivity index (χ1) is 10.0. The highest BCUT2D eigenvalue weighted by Gasteiger charge is 2.28. The van der Waals surface area contributed by atoms with Crippen LogP contribution in [0.2, 0.25) is 0 Å². The monoisotopic (exact) mass is 354 g/mol. The van der Waals surface area contributed by atoms with E-state index in [1.165, 1.54) is 0 Å². The molecule has 1 aromatic carbocycles. The predicted octanol–water partition coefficient (Wildman–Crippen LogP) is 3.34. The number of hydrogen-bond donors (Lipinski definition) is 2. The SMILES string of the molecule is CCc1cc(Br)ccc1NC(=O)N1CCCC(C(=O)O)C1. The molecule has 1 aromatic rings. The lowest BCUT2D eigenvalue weighted by molar-refractivity contribution is -0.143. The van der Waals surface area contributed by atoms with Crippen LogP contribution in [-0.2, 0) is 11.2 Å². The average Bonchev–Trinajstić information content (AvgIpc) is 2.49. The number of piperidine rings is 1. The fraction of sp³-hybridized carbons (Fsp3) is 0.467. The van der Waals surface area contributed by atoms with E-state index in [0.717, 1.165) is 28.6 Å². The number of carbonyl (C=O) groups is 2. The number of aryl methyl sites for hydroxylation is 1. The van der Waals surface area contributed by atoms with Crippen LogP contribution in [0.4, 0.5) is 10.5 Å². The molecule has 2 rings (SSSR count). The number of aliphatic carboxylic acids is 1. The van der Waals surface area contributed by atoms with Crippen LogP contribution < -0.4 is 5.32 Å². The molecule has 5 nitrogen and oxygen atoms in total. The third kappa shape index (κ3) is 3.97. The summed E-state index contributed by atoms with van der Waals surface area (Å²) < 4.78 is 0.973. The molecular formula is C15H19BrN2O3. The number of nitrogens with zero attached hydrogens (tertiary/aromatic N) is 1. The summed E-state index contributed by atoms with van der Waals surface area (Å²) in [5.41, 5.74) is 1.83. The van der Waals surface area contributed by atoms with Crippen molar-refractivity contribution in [1.82, 2.24) is 4.90 Å². The van der Waals surface area contributed by atoms with Gasteiger partial charge in [-0.2, -0.15) is 0 Å². The Hall–Kier alpha value is -1.56. The molecule has 1 saturated heterocycles. The Morgan fingerprint density at radius 1 is 1.48 bits per heavy atom. The van der Waals surface area contributed by atoms with Crippen molar-refractivity contribution < 1.29 is 14.7 Å². The molecule has 2 amide bonds. The molecule has 0 spiro atoms. The summed E-state index contributed by atoms with van der Waals surface area (Å²) in [5, 5.41) is 12.0. The first kappa shape index (κ1) is 15.8. The normalized spacial score (nSPS) is 18.4. The average molecular weight is 355 g/mol. The van der Waals surface area contributed by atoms with Gasteiger partial charge >= 0.3 is 12.0 Å². The number of nitrogens with one attached hydrogen (secondary N) is 1. The maximum Gasteiger partial charge on any atom is 0.321 e. The van der Waals surface area contributed by atoms with E-state index >= 15 is 0 Å². The van der Waals surface area contributed by atoms with Gasteiger partial charge in [0.1, 0.15) is 0 Å². The van der Waals surface area contributed by atoms with Gasteiger partial charge in [0.2, 0.25) is 0 Å². The van der Waals surface area contributed by atoms with Gasteiger partial charge in [-0.05, 0) is 43.0 Å². The number of carboxylic acids is 1. The molecule has 1 heterocycles. The first-order valence-corrected chi connectivity index (χ1v) is 7.87. The van der Waals surface area contributed by atoms with Crippen molar-refractivity contribution in [3.8, 4) is 0 Å². The Balaban J connectivity index is 2.06. The van der Waals surface area contributed by atoms with E-state index < -0.39 is 11.9 Å². The number of carbonyl (C=O) groups excluding carboxylic acids is 1. The summed E-state index contributed by atoms with van der Waals surface area (Å²) in [6, 6.07) is 5.49. The van der Waals surface area contributed by atoms with Crippen molar-refractivity contribution in [3.63, 3.8) is 0 Å². The van der Waals surface area contributed by atoms with Crippen molar-refractivity contribution in [1.29, 1.82) is 0 Å². The molecule has 114 valence electrons. The third-order valence-electron chi connectivity index (χ3n) is 3.75. The van der Waals surface area contributed by atoms with Gasteiger partial charge in [0.05, 0.1) is 5.92 Å². The lowest BCUT2D eigenvalue weighted by Gasteiger charge is -2.31. The summed E-state index contributed by atoms with van der Waals surface area (Å²) in [7, 11) is 0. The van der Waals surface area contributed by atoms with Gasteiger partial charge in [0, 0.05) is 23.2 Å². The Kier molecular flexibility index (Phi) is 5.22. The second-order valence-corrected chi connectivity index (χ2v) is 6.12. The van der Waals surface area contributed by atoms with Crippen molar-refractivity contribution in [2.45, 2.75) is 26.2 Å². The van der Waals surface area contributed by atoms with E-state index in [2.05, 4.69) is 21.2 Å². The maximum absolute atomic E-state index is 12.3. The summed E-state index contributed by atoms with van der Waals surface area (Å²) in [5.74, 6) is -1.29. The number of benzene rings is 1. The number of halogens is 1. The molecule has 0 aromatic heterocycles. The third-order valence-corrected chi connectivity index (χ3v) is 4.24. The molecule has 1 aliphatic rings. The summed E-state index contributed by atoms with van der Waals surface area (Å²) in [6.45, 7) is 2.91. The van der Waals surface area contributed by atoms with Crippen LogP contribution >= 0.6 is 15.9 Å². The second kappa shape index (κ2) is 6.93. The van der Waals surface area contributed by atoms with Crippen LogP contribution in [0.1, 0.15) is 25.3 Å². The number of urea groups is 1. The molecule has 1 unspecified atom stereocenters. The molecule has 2 N–H and O–H groups in total. The van der Waals surface area contributed by atoms with Crippen LogP contribution in [0.3, 0.4) is 0 Å². The van der Waals surface area contributed by atoms with Crippen LogP contribution in [0.5, 0.6) is 0 Å². The van der Waals surface area contributed by atoms with Crippen molar-refractivity contribution in [2.24, 2.45) is 5.92 Å². The van der Waals surface area contributed by atoms with Crippen LogP contribution in [0.25, 0.3) is 0 Å². The van der Waals surface area contributed by atoms with Crippen LogP contribution in [0, 0.1) is 5.92 Å². The van der Waals surface area contributed by atoms with Crippen molar-refractivity contribution in [2.75, 3.05) is 18.4 Å². The Morgan fingerprint density at radius 3 is 2.90 bits per heavy atom. The molecule has 1 aliphatic heterocycles. The van der Waals surface area contributed by atoms with Gasteiger partial charge in [0.25, 0.3) is 0 Å². The quantitative estimate of drug-likeness (QED) is 0.874. The zero-order valence-corrected chi connectivity index (χ0v) is 13.5. The molecule has 1 atom stereocenters. The zero-order valence-electron chi connectivity index (χ0n) is 11.9. The lowest BCUT2D eigenvalue weighted by Crippen LogP contribution is -2.44. The molecule has 21 heavy (non-hydrogen) atoms. The van der Waals surface area contributed by atoms with Crippen molar-refractivity contribution >= 4 is 33.6 Å². The van der Waals surface area contributed by atoms with E-state index in [1.54, 1.807) is 4.90 Å². The van der Waals surface area contributed by atoms with Gasteiger partial charge in [-0.15, -0.1) is 0 Å². The minimum atomic E-state index is -0.828. The van der Waals surface area contributed by atoms with E-state index in [1.807, 2.05) is 25.1 Å². The fourth-order valence-electron chi connectivity index (χ4n) is 2.53. The fourth-order valence-corrected chi connectivity index (χ4v) is 2.94. The van der Waals surface area contributed by atoms with Crippen LogP contribution in [0.15, 0.2) is 22.7 Å². The summed E-state index contributed by atoms with van der Waals surface area (Å²) in [6.07, 6.45) is 2.18. The highest BCUT2D eigenvalue weighted by Crippen LogP contribution is 2.23. The smallest absolute Gasteiger partial charge is 0.321 e. The Morgan fingerprint density at radius 2 is 2.24 bits per heavy atom. The van der Waals surface area contributed by atoms with Crippen molar-refractivity contribution in [3.05, 3.63) is 28.2 Å². The second-order valence-electron chi connectivity index (χ2n) is 5.21. The van der Waals surface area contributed by atoms with Gasteiger partial charge in [0.15, 0.2) is 0 Å². The van der Waals surface area contributed by atoms with Crippen LogP contribution in [-0.4, -0.2) is 35.1 Å². The molecule has 0 bridgehead atoms. The van der Waals surface area contributed by atoms with E-state index in [4.69, 9.17) is 5.11 Å². The summed E-state index contributed by atoms with van der Waals surface area (Å²) in [4.78, 5) is 24.9. The molecular weight excluding hydrogens is 336 g/mol. The highest BCUT2D eigenvalue weighted by atomic mass is 79.9. The number of anilines is 1. The number of carboxylic acid groups (broad SMARTS) is 1. The molecule has 0 aliphatic carbocycles. The number of amides is 2. The number of hydrogen-bond acceptors (Lipinski definition) is 2. The Labute approximate surface area is 132 Å². The lowest BCUT2D eigenvalue weighted by atomic mass is 9.99. The minimum Gasteiger partial charge on any atom is -0.481 e. The Bertz CT molecular complexity index is 548. The molecule has 1 fully saturated rings. The topological polar surface area (TPSA) is 69.6 Å². The molecule has 0 saturated carbocycles. The molecule has 6 heteroatoms. The molecule has 0 radical (unpaired) electrons. The van der Waals surface area contributed by atoms with Gasteiger partial charge < -0.3 is 15.3 Å². The van der Waals surface area contributed by atoms with E-state index in [9.17, 15) is 9.59 Å². The standard InChI is InChI=1S/C15H19BrN2O3/c1-2-10-8-12(16)5-6-13(10)17-15(21)18-7-3-4-11(9-18)14(19)20/h5-6,8,11H,2-4,7,9H2,1H3,(H,17,21)(H,19,20).